The molecule has 0 aromatic carbocycles. The lowest BCUT2D eigenvalue weighted by Crippen LogP contribution is -1.94. The Morgan fingerprint density at radius 1 is 1.04 bits per heavy atom. The Balaban J connectivity index is 2.24. The van der Waals surface area contributed by atoms with Gasteiger partial charge in [-0.15, -0.1) is 0 Å². The number of hydrogen-bond acceptors (Lipinski definition) is 4. The van der Waals surface area contributed by atoms with E-state index in [2.05, 4.69) is 27.9 Å². The predicted molar refractivity (Wildman–Crippen MR) is 92.2 cm³/mol. The zero-order valence-electron chi connectivity index (χ0n) is 14.1. The van der Waals surface area contributed by atoms with Gasteiger partial charge in [0.1, 0.15) is 0 Å². The second-order valence-corrected chi connectivity index (χ2v) is 8.71. The first-order chi connectivity index (χ1) is 11.1. The van der Waals surface area contributed by atoms with Crippen molar-refractivity contribution in [2.75, 3.05) is 6.61 Å². The van der Waals surface area contributed by atoms with E-state index in [9.17, 15) is 9.13 Å². The number of phosphoric acid groups is 2. The third kappa shape index (κ3) is 11.9. The highest BCUT2D eigenvalue weighted by Crippen LogP contribution is 2.57. The average molecular weight is 380 g/mol. The number of rotatable bonds is 11. The van der Waals surface area contributed by atoms with Crippen molar-refractivity contribution in [2.24, 2.45) is 0 Å². The standard InChI is InChI=1S/C15H26O7P2/c1-13(7-4-8-15-9-10-15)5-3-6-14(2)11-12-21-24(19,20)22-23(16,17)18/h5,8,11H,3-4,6-7,9-10,12H2,1-2H3,(H,19,20)(H2,16,17,18)/b13-5+,14-11+. The lowest BCUT2D eigenvalue weighted by Gasteiger charge is -2.11. The van der Waals surface area contributed by atoms with Gasteiger partial charge < -0.3 is 14.7 Å². The number of hydrogen-bond donors (Lipinski definition) is 3. The smallest absolute Gasteiger partial charge is 0.302 e. The maximum atomic E-state index is 11.2. The van der Waals surface area contributed by atoms with E-state index in [1.54, 1.807) is 11.6 Å². The molecule has 0 saturated heterocycles. The molecule has 0 aromatic rings. The molecular weight excluding hydrogens is 354 g/mol. The first-order valence-corrected chi connectivity index (χ1v) is 10.8. The van der Waals surface area contributed by atoms with Gasteiger partial charge in [0.15, 0.2) is 0 Å². The Kier molecular flexibility index (Phi) is 8.82. The molecule has 1 aliphatic rings. The first-order valence-electron chi connectivity index (χ1n) is 7.81. The van der Waals surface area contributed by atoms with Crippen LogP contribution in [0.25, 0.3) is 0 Å². The van der Waals surface area contributed by atoms with Crippen LogP contribution in [-0.2, 0) is 18.0 Å². The molecule has 1 unspecified atom stereocenters. The van der Waals surface area contributed by atoms with Gasteiger partial charge in [0.2, 0.25) is 0 Å². The molecule has 9 heteroatoms. The highest BCUT2D eigenvalue weighted by Gasteiger charge is 2.31. The van der Waals surface area contributed by atoms with Crippen LogP contribution in [0, 0.1) is 0 Å². The summed E-state index contributed by atoms with van der Waals surface area (Å²) in [6.45, 7) is 3.71. The van der Waals surface area contributed by atoms with Crippen LogP contribution < -0.4 is 0 Å². The van der Waals surface area contributed by atoms with E-state index in [0.717, 1.165) is 31.3 Å². The third-order valence-electron chi connectivity index (χ3n) is 3.42. The Bertz CT molecular complexity index is 595. The molecule has 0 aromatic heterocycles. The average Bonchev–Trinajstić information content (AvgIpc) is 3.19. The van der Waals surface area contributed by atoms with Crippen LogP contribution in [0.15, 0.2) is 34.9 Å². The van der Waals surface area contributed by atoms with E-state index in [-0.39, 0.29) is 6.61 Å². The minimum Gasteiger partial charge on any atom is -0.302 e. The van der Waals surface area contributed by atoms with Crippen molar-refractivity contribution in [1.29, 1.82) is 0 Å². The lowest BCUT2D eigenvalue weighted by atomic mass is 10.1. The molecule has 138 valence electrons. The second kappa shape index (κ2) is 9.83. The molecule has 7 nitrogen and oxygen atoms in total. The highest BCUT2D eigenvalue weighted by molar-refractivity contribution is 7.60. The van der Waals surface area contributed by atoms with Gasteiger partial charge in [-0.2, -0.15) is 4.31 Å². The van der Waals surface area contributed by atoms with Crippen LogP contribution in [0.2, 0.25) is 0 Å². The fraction of sp³-hybridized carbons (Fsp3) is 0.600. The Hall–Kier alpha value is -0.520. The quantitative estimate of drug-likeness (QED) is 0.360. The SMILES string of the molecule is C/C(=C\CC/C(C)=C/COP(=O)(O)OP(=O)(O)O)CCC=C1CC1. The third-order valence-corrected chi connectivity index (χ3v) is 5.57. The fourth-order valence-electron chi connectivity index (χ4n) is 1.96. The Morgan fingerprint density at radius 2 is 1.62 bits per heavy atom. The number of phosphoric ester groups is 1. The molecule has 24 heavy (non-hydrogen) atoms. The summed E-state index contributed by atoms with van der Waals surface area (Å²) < 4.78 is 29.9. The van der Waals surface area contributed by atoms with Crippen LogP contribution in [0.1, 0.15) is 52.4 Å². The molecule has 3 N–H and O–H groups in total. The van der Waals surface area contributed by atoms with E-state index in [4.69, 9.17) is 14.7 Å². The highest BCUT2D eigenvalue weighted by atomic mass is 31.3. The molecule has 1 saturated carbocycles. The van der Waals surface area contributed by atoms with E-state index in [1.807, 2.05) is 6.92 Å². The Labute approximate surface area is 142 Å². The Morgan fingerprint density at radius 3 is 2.21 bits per heavy atom. The minimum absolute atomic E-state index is 0.254. The van der Waals surface area contributed by atoms with Gasteiger partial charge in [-0.05, 0) is 52.4 Å². The molecule has 0 radical (unpaired) electrons. The van der Waals surface area contributed by atoms with Crippen LogP contribution in [-0.4, -0.2) is 21.3 Å². The second-order valence-electron chi connectivity index (χ2n) is 5.88. The van der Waals surface area contributed by atoms with Crippen molar-refractivity contribution in [3.63, 3.8) is 0 Å². The largest absolute Gasteiger partial charge is 0.481 e. The molecule has 1 atom stereocenters. The van der Waals surface area contributed by atoms with E-state index in [1.165, 1.54) is 18.4 Å². The molecule has 1 rings (SSSR count). The van der Waals surface area contributed by atoms with Gasteiger partial charge in [-0.1, -0.05) is 34.9 Å². The summed E-state index contributed by atoms with van der Waals surface area (Å²) >= 11 is 0. The van der Waals surface area contributed by atoms with Gasteiger partial charge in [-0.3, -0.25) is 4.52 Å². The van der Waals surface area contributed by atoms with Gasteiger partial charge in [-0.25, -0.2) is 9.13 Å². The van der Waals surface area contributed by atoms with Crippen molar-refractivity contribution >= 4 is 15.6 Å². The maximum Gasteiger partial charge on any atom is 0.481 e. The number of allylic oxidation sites excluding steroid dienone is 5. The molecule has 1 fully saturated rings. The zero-order chi connectivity index (χ0) is 18.2. The zero-order valence-corrected chi connectivity index (χ0v) is 15.8. The molecule has 0 bridgehead atoms. The fourth-order valence-corrected chi connectivity index (χ4v) is 3.49. The summed E-state index contributed by atoms with van der Waals surface area (Å²) in [5.41, 5.74) is 3.85. The van der Waals surface area contributed by atoms with Crippen LogP contribution in [0.3, 0.4) is 0 Å². The van der Waals surface area contributed by atoms with Crippen molar-refractivity contribution in [1.82, 2.24) is 0 Å². The molecule has 0 heterocycles. The summed E-state index contributed by atoms with van der Waals surface area (Å²) in [5, 5.41) is 0. The summed E-state index contributed by atoms with van der Waals surface area (Å²) in [6, 6.07) is 0. The molecule has 0 spiro atoms. The van der Waals surface area contributed by atoms with Crippen molar-refractivity contribution in [2.45, 2.75) is 52.4 Å². The first kappa shape index (κ1) is 21.5. The molecule has 0 amide bonds. The van der Waals surface area contributed by atoms with Crippen LogP contribution in [0.5, 0.6) is 0 Å². The lowest BCUT2D eigenvalue weighted by molar-refractivity contribution is 0.191. The van der Waals surface area contributed by atoms with Crippen molar-refractivity contribution in [3.05, 3.63) is 34.9 Å². The van der Waals surface area contributed by atoms with Gasteiger partial charge in [0, 0.05) is 0 Å². The van der Waals surface area contributed by atoms with Crippen molar-refractivity contribution in [3.8, 4) is 0 Å². The summed E-state index contributed by atoms with van der Waals surface area (Å²) in [7, 11) is -9.81. The van der Waals surface area contributed by atoms with Gasteiger partial charge >= 0.3 is 15.6 Å². The monoisotopic (exact) mass is 380 g/mol. The predicted octanol–water partition coefficient (Wildman–Crippen LogP) is 4.39. The van der Waals surface area contributed by atoms with E-state index in [0.29, 0.717) is 0 Å². The summed E-state index contributed by atoms with van der Waals surface area (Å²) in [6.07, 6.45) is 12.4. The van der Waals surface area contributed by atoms with Gasteiger partial charge in [0.05, 0.1) is 6.61 Å². The van der Waals surface area contributed by atoms with Crippen LogP contribution in [0.4, 0.5) is 0 Å². The maximum absolute atomic E-state index is 11.2. The molecular formula is C15H26O7P2. The van der Waals surface area contributed by atoms with E-state index >= 15 is 0 Å². The van der Waals surface area contributed by atoms with Crippen molar-refractivity contribution < 1.29 is 32.6 Å². The topological polar surface area (TPSA) is 113 Å². The normalized spacial score (nSPS) is 18.5. The molecule has 0 aliphatic heterocycles. The minimum atomic E-state index is -5.06. The molecule has 1 aliphatic carbocycles. The van der Waals surface area contributed by atoms with Crippen LogP contribution >= 0.6 is 15.6 Å². The van der Waals surface area contributed by atoms with E-state index < -0.39 is 15.6 Å². The summed E-state index contributed by atoms with van der Waals surface area (Å²) in [5.74, 6) is 0. The van der Waals surface area contributed by atoms with Gasteiger partial charge in [0.25, 0.3) is 0 Å². The summed E-state index contributed by atoms with van der Waals surface area (Å²) in [4.78, 5) is 26.1.